The van der Waals surface area contributed by atoms with Gasteiger partial charge in [-0.25, -0.2) is 4.79 Å². The predicted molar refractivity (Wildman–Crippen MR) is 100 cm³/mol. The average molecular weight is 358 g/mol. The third kappa shape index (κ3) is 3.94. The highest BCUT2D eigenvalue weighted by atomic mass is 35.5. The summed E-state index contributed by atoms with van der Waals surface area (Å²) < 4.78 is 0. The summed E-state index contributed by atoms with van der Waals surface area (Å²) in [7, 11) is 0. The van der Waals surface area contributed by atoms with E-state index in [1.165, 1.54) is 0 Å². The van der Waals surface area contributed by atoms with Crippen LogP contribution in [0.2, 0.25) is 5.02 Å². The number of amides is 3. The first kappa shape index (κ1) is 17.3. The zero-order chi connectivity index (χ0) is 18.0. The first-order chi connectivity index (χ1) is 11.9. The lowest BCUT2D eigenvalue weighted by molar-refractivity contribution is -0.117. The second-order valence-electron chi connectivity index (χ2n) is 6.23. The predicted octanol–water partition coefficient (Wildman–Crippen LogP) is 3.88. The van der Waals surface area contributed by atoms with Crippen molar-refractivity contribution in [1.29, 1.82) is 0 Å². The molecule has 130 valence electrons. The molecule has 1 aliphatic heterocycles. The van der Waals surface area contributed by atoms with Gasteiger partial charge in [-0.3, -0.25) is 4.79 Å². The molecule has 0 saturated carbocycles. The molecule has 0 radical (unpaired) electrons. The standard InChI is InChI=1S/C19H20ClN3O2/c1-12-4-3-5-17(13(12)2)22-19(25)21-15-10-18(24)23(11-15)16-8-6-14(20)7-9-16/h3-9,15H,10-11H2,1-2H3,(H2,21,22,25). The molecule has 3 amide bonds. The van der Waals surface area contributed by atoms with Crippen LogP contribution in [0.4, 0.5) is 16.2 Å². The number of nitrogens with zero attached hydrogens (tertiary/aromatic N) is 1. The molecule has 6 heteroatoms. The Balaban J connectivity index is 1.62. The summed E-state index contributed by atoms with van der Waals surface area (Å²) in [6.45, 7) is 4.41. The molecule has 5 nitrogen and oxygen atoms in total. The molecule has 1 fully saturated rings. The van der Waals surface area contributed by atoms with Crippen LogP contribution in [0.3, 0.4) is 0 Å². The van der Waals surface area contributed by atoms with Gasteiger partial charge in [-0.1, -0.05) is 23.7 Å². The molecule has 2 N–H and O–H groups in total. The fourth-order valence-corrected chi connectivity index (χ4v) is 3.03. The molecule has 0 aliphatic carbocycles. The quantitative estimate of drug-likeness (QED) is 0.875. The minimum absolute atomic E-state index is 0.0145. The Kier molecular flexibility index (Phi) is 4.95. The second kappa shape index (κ2) is 7.15. The molecule has 1 unspecified atom stereocenters. The maximum absolute atomic E-state index is 12.3. The maximum Gasteiger partial charge on any atom is 0.319 e. The number of carbonyl (C=O) groups excluding carboxylic acids is 2. The highest BCUT2D eigenvalue weighted by molar-refractivity contribution is 6.30. The van der Waals surface area contributed by atoms with Gasteiger partial charge in [0.2, 0.25) is 5.91 Å². The van der Waals surface area contributed by atoms with E-state index >= 15 is 0 Å². The van der Waals surface area contributed by atoms with Crippen LogP contribution >= 0.6 is 11.6 Å². The smallest absolute Gasteiger partial charge is 0.319 e. The monoisotopic (exact) mass is 357 g/mol. The summed E-state index contributed by atoms with van der Waals surface area (Å²) in [4.78, 5) is 26.2. The van der Waals surface area contributed by atoms with Crippen LogP contribution < -0.4 is 15.5 Å². The van der Waals surface area contributed by atoms with Crippen molar-refractivity contribution in [3.05, 3.63) is 58.6 Å². The molecular weight excluding hydrogens is 338 g/mol. The molecule has 0 aromatic heterocycles. The molecule has 0 bridgehead atoms. The van der Waals surface area contributed by atoms with Gasteiger partial charge < -0.3 is 15.5 Å². The molecule has 1 heterocycles. The molecule has 1 saturated heterocycles. The Morgan fingerprint density at radius 1 is 1.16 bits per heavy atom. The van der Waals surface area contributed by atoms with Crippen molar-refractivity contribution < 1.29 is 9.59 Å². The Labute approximate surface area is 152 Å². The Morgan fingerprint density at radius 3 is 2.60 bits per heavy atom. The van der Waals surface area contributed by atoms with Crippen LogP contribution in [0.15, 0.2) is 42.5 Å². The zero-order valence-electron chi connectivity index (χ0n) is 14.2. The van der Waals surface area contributed by atoms with Crippen molar-refractivity contribution in [3.8, 4) is 0 Å². The van der Waals surface area contributed by atoms with Gasteiger partial charge in [0.1, 0.15) is 0 Å². The van der Waals surface area contributed by atoms with Crippen LogP contribution in [0.1, 0.15) is 17.5 Å². The fraction of sp³-hybridized carbons (Fsp3) is 0.263. The van der Waals surface area contributed by atoms with E-state index in [9.17, 15) is 9.59 Å². The van der Waals surface area contributed by atoms with Gasteiger partial charge in [-0.15, -0.1) is 0 Å². The summed E-state index contributed by atoms with van der Waals surface area (Å²) in [5.41, 5.74) is 3.70. The number of anilines is 2. The van der Waals surface area contributed by atoms with Crippen molar-refractivity contribution in [1.82, 2.24) is 5.32 Å². The van der Waals surface area contributed by atoms with E-state index in [-0.39, 0.29) is 24.4 Å². The van der Waals surface area contributed by atoms with E-state index in [1.54, 1.807) is 29.2 Å². The Hall–Kier alpha value is -2.53. The van der Waals surface area contributed by atoms with Crippen LogP contribution in [0.25, 0.3) is 0 Å². The van der Waals surface area contributed by atoms with Crippen molar-refractivity contribution in [2.45, 2.75) is 26.3 Å². The minimum atomic E-state index is -0.301. The number of hydrogen-bond acceptors (Lipinski definition) is 2. The molecule has 1 aliphatic rings. The topological polar surface area (TPSA) is 61.4 Å². The van der Waals surface area contributed by atoms with Gasteiger partial charge in [-0.05, 0) is 55.3 Å². The molecule has 0 spiro atoms. The van der Waals surface area contributed by atoms with E-state index in [0.717, 1.165) is 22.5 Å². The molecule has 3 rings (SSSR count). The van der Waals surface area contributed by atoms with E-state index in [4.69, 9.17) is 11.6 Å². The number of halogens is 1. The van der Waals surface area contributed by atoms with Crippen molar-refractivity contribution in [2.24, 2.45) is 0 Å². The van der Waals surface area contributed by atoms with Gasteiger partial charge in [-0.2, -0.15) is 0 Å². The largest absolute Gasteiger partial charge is 0.333 e. The summed E-state index contributed by atoms with van der Waals surface area (Å²) >= 11 is 5.88. The first-order valence-electron chi connectivity index (χ1n) is 8.13. The summed E-state index contributed by atoms with van der Waals surface area (Å²) in [6.07, 6.45) is 0.281. The molecule has 2 aromatic rings. The highest BCUT2D eigenvalue weighted by Gasteiger charge is 2.31. The molecule has 2 aromatic carbocycles. The second-order valence-corrected chi connectivity index (χ2v) is 6.66. The molecule has 1 atom stereocenters. The number of urea groups is 1. The third-order valence-electron chi connectivity index (χ3n) is 4.45. The number of carbonyl (C=O) groups is 2. The number of hydrogen-bond donors (Lipinski definition) is 2. The number of nitrogens with one attached hydrogen (secondary N) is 2. The van der Waals surface area contributed by atoms with Crippen LogP contribution in [0.5, 0.6) is 0 Å². The maximum atomic E-state index is 12.3. The zero-order valence-corrected chi connectivity index (χ0v) is 14.9. The van der Waals surface area contributed by atoms with Gasteiger partial charge in [0, 0.05) is 29.4 Å². The fourth-order valence-electron chi connectivity index (χ4n) is 2.91. The minimum Gasteiger partial charge on any atom is -0.333 e. The molecule has 25 heavy (non-hydrogen) atoms. The first-order valence-corrected chi connectivity index (χ1v) is 8.51. The van der Waals surface area contributed by atoms with E-state index < -0.39 is 0 Å². The van der Waals surface area contributed by atoms with E-state index in [1.807, 2.05) is 32.0 Å². The van der Waals surface area contributed by atoms with Gasteiger partial charge in [0.05, 0.1) is 6.04 Å². The third-order valence-corrected chi connectivity index (χ3v) is 4.70. The van der Waals surface area contributed by atoms with Crippen molar-refractivity contribution in [2.75, 3.05) is 16.8 Å². The summed E-state index contributed by atoms with van der Waals surface area (Å²) in [5, 5.41) is 6.36. The van der Waals surface area contributed by atoms with Crippen LogP contribution in [0, 0.1) is 13.8 Å². The molecular formula is C19H20ClN3O2. The van der Waals surface area contributed by atoms with Gasteiger partial charge in [0.15, 0.2) is 0 Å². The van der Waals surface area contributed by atoms with Crippen molar-refractivity contribution >= 4 is 34.9 Å². The Bertz CT molecular complexity index is 805. The SMILES string of the molecule is Cc1cccc(NC(=O)NC2CC(=O)N(c3ccc(Cl)cc3)C2)c1C. The summed E-state index contributed by atoms with van der Waals surface area (Å²) in [5.74, 6) is -0.0145. The van der Waals surface area contributed by atoms with E-state index in [0.29, 0.717) is 11.6 Å². The lowest BCUT2D eigenvalue weighted by Gasteiger charge is -2.18. The highest BCUT2D eigenvalue weighted by Crippen LogP contribution is 2.23. The van der Waals surface area contributed by atoms with Crippen LogP contribution in [-0.4, -0.2) is 24.5 Å². The summed E-state index contributed by atoms with van der Waals surface area (Å²) in [6, 6.07) is 12.3. The number of aryl methyl sites for hydroxylation is 1. The lowest BCUT2D eigenvalue weighted by atomic mass is 10.1. The van der Waals surface area contributed by atoms with Crippen LogP contribution in [-0.2, 0) is 4.79 Å². The lowest BCUT2D eigenvalue weighted by Crippen LogP contribution is -2.39. The van der Waals surface area contributed by atoms with Gasteiger partial charge >= 0.3 is 6.03 Å². The van der Waals surface area contributed by atoms with Gasteiger partial charge in [0.25, 0.3) is 0 Å². The number of benzene rings is 2. The number of rotatable bonds is 3. The van der Waals surface area contributed by atoms with Crippen molar-refractivity contribution in [3.63, 3.8) is 0 Å². The average Bonchev–Trinajstić information content (AvgIpc) is 2.93. The normalized spacial score (nSPS) is 16.8. The Morgan fingerprint density at radius 2 is 1.88 bits per heavy atom. The van der Waals surface area contributed by atoms with E-state index in [2.05, 4.69) is 10.6 Å².